The number of nitrogens with one attached hydrogen (secondary N) is 8. The van der Waals surface area contributed by atoms with Crippen LogP contribution in [0.15, 0.2) is 70.8 Å². The van der Waals surface area contributed by atoms with Gasteiger partial charge in [0.15, 0.2) is 11.9 Å². The number of nitrogens with zero attached hydrogens (tertiary/aromatic N) is 3. The number of guanidine groups is 2. The van der Waals surface area contributed by atoms with Crippen LogP contribution in [0.25, 0.3) is 10.9 Å². The summed E-state index contributed by atoms with van der Waals surface area (Å²) in [5, 5.41) is 30.0. The number of hydrogen-bond acceptors (Lipinski definition) is 12. The normalized spacial score (nSPS) is 20.7. The number of aliphatic hydroxyl groups excluding tert-OH is 1. The topological polar surface area (TPSA) is 432 Å². The molecule has 2 heterocycles. The smallest absolute Gasteiger partial charge is 0.245 e. The van der Waals surface area contributed by atoms with Crippen LogP contribution in [-0.2, 0) is 56.0 Å². The fourth-order valence-electron chi connectivity index (χ4n) is 8.31. The van der Waals surface area contributed by atoms with Crippen LogP contribution in [0.3, 0.4) is 0 Å². The van der Waals surface area contributed by atoms with Gasteiger partial charge in [0.25, 0.3) is 0 Å². The van der Waals surface area contributed by atoms with Crippen molar-refractivity contribution in [2.24, 2.45) is 38.7 Å². The van der Waals surface area contributed by atoms with E-state index in [-0.39, 0.29) is 95.8 Å². The third-order valence-electron chi connectivity index (χ3n) is 11.9. The average Bonchev–Trinajstić information content (AvgIpc) is 3.76. The third-order valence-corrected chi connectivity index (χ3v) is 11.9. The number of nitrogens with two attached hydrogens (primary N) is 5. The van der Waals surface area contributed by atoms with E-state index in [2.05, 4.69) is 52.2 Å². The zero-order valence-electron chi connectivity index (χ0n) is 42.3. The number of para-hydroxylation sites is 1. The summed E-state index contributed by atoms with van der Waals surface area (Å²) in [5.74, 6) is -7.38. The van der Waals surface area contributed by atoms with Gasteiger partial charge in [-0.25, -0.2) is 0 Å². The molecular weight excluding hydrogens is 973 g/mol. The predicted octanol–water partition coefficient (Wildman–Crippen LogP) is -3.63. The van der Waals surface area contributed by atoms with E-state index in [4.69, 9.17) is 28.7 Å². The number of aromatic nitrogens is 1. The van der Waals surface area contributed by atoms with Gasteiger partial charge in [0.05, 0.1) is 12.6 Å². The lowest BCUT2D eigenvalue weighted by molar-refractivity contribution is -0.142. The van der Waals surface area contributed by atoms with Crippen molar-refractivity contribution in [3.05, 3.63) is 71.9 Å². The Hall–Kier alpha value is -8.29. The van der Waals surface area contributed by atoms with Gasteiger partial charge in [-0.15, -0.1) is 0 Å². The number of β-amino-alcohol motifs (C(OH)–C–C–N with tert-alkyl or cyclic N) is 1. The quantitative estimate of drug-likeness (QED) is 0.0333. The van der Waals surface area contributed by atoms with E-state index in [1.807, 2.05) is 18.2 Å². The monoisotopic (exact) mass is 1040 g/mol. The fourth-order valence-corrected chi connectivity index (χ4v) is 8.31. The van der Waals surface area contributed by atoms with E-state index in [0.29, 0.717) is 11.1 Å². The molecule has 4 unspecified atom stereocenters. The molecule has 0 bridgehead atoms. The Bertz CT molecular complexity index is 2510. The van der Waals surface area contributed by atoms with E-state index < -0.39 is 109 Å². The molecule has 26 heteroatoms. The molecule has 1 fully saturated rings. The number of benzene rings is 2. The van der Waals surface area contributed by atoms with Gasteiger partial charge in [-0.05, 0) is 69.1 Å². The Labute approximate surface area is 433 Å². The van der Waals surface area contributed by atoms with Crippen LogP contribution in [0.4, 0.5) is 0 Å². The van der Waals surface area contributed by atoms with Crippen LogP contribution in [0, 0.1) is 0 Å². The SMILES string of the molecule is CC(=O)N[C@@H](CCCN=C(N)N)C(=O)NC1CCCC(=O)NCCC(C(N)=O)NC(=O)[C@H](Cc2c[nH]c3ccccc23)NC(=O)[C@H](CCCN=C(N)N)NC(=O)C(Cc2ccccc2)NC(=O)CN(CC(C)O)C1=O. The van der Waals surface area contributed by atoms with Gasteiger partial charge >= 0.3 is 0 Å². The van der Waals surface area contributed by atoms with Gasteiger partial charge in [-0.2, -0.15) is 0 Å². The van der Waals surface area contributed by atoms with E-state index in [1.165, 1.54) is 13.8 Å². The highest BCUT2D eigenvalue weighted by Crippen LogP contribution is 2.20. The first kappa shape index (κ1) is 59.3. The second-order valence-corrected chi connectivity index (χ2v) is 18.3. The molecule has 2 aromatic carbocycles. The maximum atomic E-state index is 14.6. The third kappa shape index (κ3) is 20.6. The van der Waals surface area contributed by atoms with Crippen molar-refractivity contribution in [2.45, 2.75) is 120 Å². The number of carbonyl (C=O) groups excluding carboxylic acids is 9. The van der Waals surface area contributed by atoms with Crippen molar-refractivity contribution in [3.63, 3.8) is 0 Å². The lowest BCUT2D eigenvalue weighted by Crippen LogP contribution is -2.59. The predicted molar refractivity (Wildman–Crippen MR) is 278 cm³/mol. The van der Waals surface area contributed by atoms with Crippen molar-refractivity contribution in [2.75, 3.05) is 32.7 Å². The minimum absolute atomic E-state index is 0.0236. The summed E-state index contributed by atoms with van der Waals surface area (Å²) in [6, 6.07) is 7.79. The zero-order chi connectivity index (χ0) is 55.0. The second kappa shape index (κ2) is 30.0. The Morgan fingerprint density at radius 3 is 2.07 bits per heavy atom. The summed E-state index contributed by atoms with van der Waals surface area (Å²) in [7, 11) is 0. The van der Waals surface area contributed by atoms with Gasteiger partial charge in [0, 0.05) is 69.5 Å². The first-order chi connectivity index (χ1) is 35.7. The number of aliphatic hydroxyl groups is 1. The number of aromatic amines is 1. The molecule has 75 heavy (non-hydrogen) atoms. The molecule has 408 valence electrons. The van der Waals surface area contributed by atoms with Crippen LogP contribution in [0.5, 0.6) is 0 Å². The van der Waals surface area contributed by atoms with Crippen LogP contribution in [-0.4, -0.2) is 155 Å². The van der Waals surface area contributed by atoms with Crippen LogP contribution in [0.1, 0.15) is 76.3 Å². The molecule has 9 amide bonds. The van der Waals surface area contributed by atoms with Crippen molar-refractivity contribution in [3.8, 4) is 0 Å². The number of aliphatic imine (C=N–C) groups is 2. The van der Waals surface area contributed by atoms with Gasteiger partial charge in [-0.3, -0.25) is 53.1 Å². The Morgan fingerprint density at radius 1 is 0.773 bits per heavy atom. The van der Waals surface area contributed by atoms with E-state index >= 15 is 0 Å². The lowest BCUT2D eigenvalue weighted by atomic mass is 10.0. The van der Waals surface area contributed by atoms with Gasteiger partial charge < -0.3 is 80.9 Å². The largest absolute Gasteiger partial charge is 0.392 e. The summed E-state index contributed by atoms with van der Waals surface area (Å²) in [5.41, 5.74) is 29.7. The molecule has 0 spiro atoms. The molecule has 0 saturated carbocycles. The van der Waals surface area contributed by atoms with Crippen molar-refractivity contribution < 1.29 is 48.3 Å². The van der Waals surface area contributed by atoms with Crippen molar-refractivity contribution >= 4 is 76.0 Å². The summed E-state index contributed by atoms with van der Waals surface area (Å²) in [6.45, 7) is 1.42. The number of H-pyrrole nitrogens is 1. The molecule has 1 saturated heterocycles. The number of fused-ring (bicyclic) bond motifs is 1. The summed E-state index contributed by atoms with van der Waals surface area (Å²) >= 11 is 0. The molecule has 4 rings (SSSR count). The minimum atomic E-state index is -1.43. The minimum Gasteiger partial charge on any atom is -0.392 e. The summed E-state index contributed by atoms with van der Waals surface area (Å²) in [6.07, 6.45) is 0.0442. The molecule has 1 aromatic heterocycles. The molecule has 0 radical (unpaired) electrons. The second-order valence-electron chi connectivity index (χ2n) is 18.3. The molecule has 19 N–H and O–H groups in total. The first-order valence-corrected chi connectivity index (χ1v) is 24.7. The van der Waals surface area contributed by atoms with Crippen LogP contribution in [0.2, 0.25) is 0 Å². The van der Waals surface area contributed by atoms with E-state index in [0.717, 1.165) is 15.8 Å². The zero-order valence-corrected chi connectivity index (χ0v) is 42.3. The summed E-state index contributed by atoms with van der Waals surface area (Å²) in [4.78, 5) is 136. The fraction of sp³-hybridized carbons (Fsp3) is 0.490. The molecule has 1 aliphatic rings. The van der Waals surface area contributed by atoms with Crippen LogP contribution >= 0.6 is 0 Å². The number of rotatable bonds is 18. The lowest BCUT2D eigenvalue weighted by Gasteiger charge is -2.30. The van der Waals surface area contributed by atoms with Gasteiger partial charge in [-0.1, -0.05) is 48.5 Å². The highest BCUT2D eigenvalue weighted by atomic mass is 16.3. The molecule has 26 nitrogen and oxygen atoms in total. The number of amides is 9. The molecular formula is C49H72N16O10. The van der Waals surface area contributed by atoms with Gasteiger partial charge in [0.1, 0.15) is 36.3 Å². The Balaban J connectivity index is 1.77. The van der Waals surface area contributed by atoms with E-state index in [9.17, 15) is 48.3 Å². The number of hydrogen-bond donors (Lipinski definition) is 14. The first-order valence-electron chi connectivity index (χ1n) is 24.7. The number of carbonyl (C=O) groups is 9. The number of primary amides is 1. The van der Waals surface area contributed by atoms with E-state index in [1.54, 1.807) is 42.6 Å². The Kier molecular flexibility index (Phi) is 23.7. The summed E-state index contributed by atoms with van der Waals surface area (Å²) < 4.78 is 0. The molecule has 0 aliphatic carbocycles. The molecule has 1 aliphatic heterocycles. The standard InChI is InChI=1S/C49H72N16O10/c1-28(66)26-65-27-41(69)60-38(23-30-11-4-3-5-12-30)45(73)62-36(17-10-21-57-49(53)54)44(72)64-39(24-31-25-58-33-14-7-6-13-32(31)33)46(74)61-34(42(50)70)19-22-55-40(68)18-8-15-37(47(65)75)63-43(71)35(59-29(2)67)16-9-20-56-48(51)52/h3-7,11-14,25,28,34-39,58,66H,8-10,15-24,26-27H2,1-2H3,(H2,50,70)(H,55,68)(H,59,67)(H,60,69)(H,61,74)(H,62,73)(H,63,71)(H,64,72)(H4,51,52,56)(H4,53,54,57)/t28?,34?,35-,36-,37?,38?,39-/m0/s1. The molecule has 7 atom stereocenters. The van der Waals surface area contributed by atoms with Crippen LogP contribution < -0.4 is 65.9 Å². The highest BCUT2D eigenvalue weighted by Gasteiger charge is 2.34. The van der Waals surface area contributed by atoms with Crippen molar-refractivity contribution in [1.29, 1.82) is 0 Å². The highest BCUT2D eigenvalue weighted by molar-refractivity contribution is 5.97. The molecule has 3 aromatic rings. The maximum absolute atomic E-state index is 14.6. The Morgan fingerprint density at radius 2 is 1.40 bits per heavy atom. The maximum Gasteiger partial charge on any atom is 0.245 e. The average molecular weight is 1050 g/mol. The van der Waals surface area contributed by atoms with Gasteiger partial charge in [0.2, 0.25) is 53.2 Å². The van der Waals surface area contributed by atoms with Crippen molar-refractivity contribution in [1.82, 2.24) is 47.1 Å².